The number of fused-ring (bicyclic) bond motifs is 6. The Morgan fingerprint density at radius 2 is 0.857 bits per heavy atom. The minimum atomic E-state index is 0.694. The number of pyridine rings is 1. The highest BCUT2D eigenvalue weighted by Crippen LogP contribution is 2.45. The van der Waals surface area contributed by atoms with Gasteiger partial charge in [-0.1, -0.05) is 133 Å². The van der Waals surface area contributed by atoms with Crippen LogP contribution in [0.5, 0.6) is 0 Å². The molecule has 0 bridgehead atoms. The largest absolute Gasteiger partial charge is 0.264 e. The van der Waals surface area contributed by atoms with Gasteiger partial charge in [0.1, 0.15) is 0 Å². The maximum absolute atomic E-state index is 5.31. The molecule has 3 nitrogen and oxygen atoms in total. The highest BCUT2D eigenvalue weighted by molar-refractivity contribution is 7.26. The van der Waals surface area contributed by atoms with Crippen LogP contribution in [0, 0.1) is 0 Å². The lowest BCUT2D eigenvalue weighted by molar-refractivity contribution is 1.18. The minimum Gasteiger partial charge on any atom is -0.264 e. The van der Waals surface area contributed by atoms with Gasteiger partial charge >= 0.3 is 0 Å². The Morgan fingerprint density at radius 3 is 1.46 bits per heavy atom. The van der Waals surface area contributed by atoms with E-state index in [0.717, 1.165) is 50.3 Å². The van der Waals surface area contributed by atoms with Gasteiger partial charge in [-0.2, -0.15) is 0 Å². The maximum atomic E-state index is 5.31. The summed E-state index contributed by atoms with van der Waals surface area (Å²) in [5, 5.41) is 5.16. The van der Waals surface area contributed by atoms with Crippen molar-refractivity contribution in [2.45, 2.75) is 0 Å². The number of aromatic nitrogens is 3. The van der Waals surface area contributed by atoms with Gasteiger partial charge in [-0.3, -0.25) is 4.98 Å². The van der Waals surface area contributed by atoms with E-state index in [1.165, 1.54) is 51.5 Å². The zero-order chi connectivity index (χ0) is 37.0. The van der Waals surface area contributed by atoms with Crippen LogP contribution in [0.15, 0.2) is 188 Å². The summed E-state index contributed by atoms with van der Waals surface area (Å²) in [6, 6.07) is 63.0. The van der Waals surface area contributed by atoms with Gasteiger partial charge in [-0.05, 0) is 75.8 Å². The summed E-state index contributed by atoms with van der Waals surface area (Å²) in [6.07, 6.45) is 3.70. The highest BCUT2D eigenvalue weighted by Gasteiger charge is 2.18. The van der Waals surface area contributed by atoms with Gasteiger partial charge in [0, 0.05) is 69.4 Å². The summed E-state index contributed by atoms with van der Waals surface area (Å²) >= 11 is 3.73. The van der Waals surface area contributed by atoms with E-state index in [9.17, 15) is 0 Å². The second kappa shape index (κ2) is 13.5. The molecule has 0 amide bonds. The zero-order valence-electron chi connectivity index (χ0n) is 30.1. The fourth-order valence-electron chi connectivity index (χ4n) is 7.86. The molecule has 0 fully saturated rings. The number of hydrogen-bond acceptors (Lipinski definition) is 5. The van der Waals surface area contributed by atoms with E-state index in [1.54, 1.807) is 6.20 Å². The lowest BCUT2D eigenvalue weighted by Gasteiger charge is -2.14. The summed E-state index contributed by atoms with van der Waals surface area (Å²) in [5.41, 5.74) is 11.8. The first-order valence-electron chi connectivity index (χ1n) is 18.7. The van der Waals surface area contributed by atoms with Crippen molar-refractivity contribution in [3.05, 3.63) is 188 Å². The Hall–Kier alpha value is -6.79. The Bertz CT molecular complexity index is 3110. The second-order valence-corrected chi connectivity index (χ2v) is 16.1. The van der Waals surface area contributed by atoms with Crippen LogP contribution < -0.4 is 0 Å². The summed E-state index contributed by atoms with van der Waals surface area (Å²) in [6.45, 7) is 0. The van der Waals surface area contributed by atoms with Crippen molar-refractivity contribution in [2.75, 3.05) is 0 Å². The average molecular weight is 750 g/mol. The SMILES string of the molecule is c1ccc(-c2nc(-c3ccc(-c4cccnc4)cc3)cc(-c3cc(-c4cccc5c4sc4ccccc45)cc(-c4cccc5c4sc4ccccc45)c3)n2)cc1. The van der Waals surface area contributed by atoms with Crippen LogP contribution in [0.2, 0.25) is 0 Å². The predicted octanol–water partition coefficient (Wildman–Crippen LogP) is 14.6. The molecular formula is C51H31N3S2. The smallest absolute Gasteiger partial charge is 0.160 e. The predicted molar refractivity (Wildman–Crippen MR) is 238 cm³/mol. The standard InChI is InChI=1S/C51H31N3S2/c1-2-11-34(12-3-1)51-53-45(33-24-22-32(23-25-33)35-13-10-26-52-31-35)30-46(54-51)38-28-36(39-16-8-18-43-41-14-4-6-20-47(41)55-49(39)43)27-37(29-38)40-17-9-19-44-42-15-5-7-21-48(42)56-50(40)44/h1-31H. The van der Waals surface area contributed by atoms with Crippen molar-refractivity contribution in [1.82, 2.24) is 15.0 Å². The lowest BCUT2D eigenvalue weighted by atomic mass is 9.93. The molecule has 0 N–H and O–H groups in total. The number of rotatable bonds is 6. The fourth-order valence-corrected chi connectivity index (χ4v) is 10.3. The molecule has 0 aliphatic carbocycles. The van der Waals surface area contributed by atoms with Gasteiger partial charge in [0.15, 0.2) is 5.82 Å². The Kier molecular flexibility index (Phi) is 7.87. The zero-order valence-corrected chi connectivity index (χ0v) is 31.7. The molecular weight excluding hydrogens is 719 g/mol. The number of thiophene rings is 2. The van der Waals surface area contributed by atoms with Gasteiger partial charge in [0.05, 0.1) is 11.4 Å². The van der Waals surface area contributed by atoms with Crippen molar-refractivity contribution in [3.8, 4) is 67.3 Å². The Morgan fingerprint density at radius 1 is 0.339 bits per heavy atom. The van der Waals surface area contributed by atoms with Crippen LogP contribution in [-0.4, -0.2) is 15.0 Å². The molecule has 0 aliphatic heterocycles. The van der Waals surface area contributed by atoms with Crippen LogP contribution in [-0.2, 0) is 0 Å². The summed E-state index contributed by atoms with van der Waals surface area (Å²) in [4.78, 5) is 14.8. The molecule has 0 unspecified atom stereocenters. The van der Waals surface area contributed by atoms with Crippen LogP contribution in [0.4, 0.5) is 0 Å². The van der Waals surface area contributed by atoms with Gasteiger partial charge < -0.3 is 0 Å². The monoisotopic (exact) mass is 749 g/mol. The van der Waals surface area contributed by atoms with Crippen molar-refractivity contribution in [3.63, 3.8) is 0 Å². The van der Waals surface area contributed by atoms with E-state index in [-0.39, 0.29) is 0 Å². The molecule has 11 rings (SSSR count). The van der Waals surface area contributed by atoms with E-state index >= 15 is 0 Å². The number of hydrogen-bond donors (Lipinski definition) is 0. The van der Waals surface area contributed by atoms with E-state index in [1.807, 2.05) is 53.1 Å². The molecule has 56 heavy (non-hydrogen) atoms. The topological polar surface area (TPSA) is 38.7 Å². The Balaban J connectivity index is 1.15. The van der Waals surface area contributed by atoms with Crippen LogP contribution in [0.25, 0.3) is 108 Å². The average Bonchev–Trinajstić information content (AvgIpc) is 3.86. The first kappa shape index (κ1) is 32.6. The first-order valence-corrected chi connectivity index (χ1v) is 20.3. The normalized spacial score (nSPS) is 11.6. The van der Waals surface area contributed by atoms with E-state index < -0.39 is 0 Å². The number of nitrogens with zero attached hydrogens (tertiary/aromatic N) is 3. The molecule has 0 aliphatic rings. The van der Waals surface area contributed by atoms with Gasteiger partial charge in [-0.25, -0.2) is 9.97 Å². The lowest BCUT2D eigenvalue weighted by Crippen LogP contribution is -1.96. The molecule has 0 atom stereocenters. The third kappa shape index (κ3) is 5.68. The maximum Gasteiger partial charge on any atom is 0.160 e. The molecule has 262 valence electrons. The van der Waals surface area contributed by atoms with E-state index in [0.29, 0.717) is 5.82 Å². The van der Waals surface area contributed by atoms with Crippen LogP contribution in [0.3, 0.4) is 0 Å². The molecule has 0 spiro atoms. The molecule has 5 heteroatoms. The molecule has 0 saturated heterocycles. The van der Waals surface area contributed by atoms with E-state index in [2.05, 4.69) is 157 Å². The van der Waals surface area contributed by atoms with Crippen LogP contribution >= 0.6 is 22.7 Å². The van der Waals surface area contributed by atoms with Crippen molar-refractivity contribution < 1.29 is 0 Å². The molecule has 4 heterocycles. The van der Waals surface area contributed by atoms with Crippen molar-refractivity contribution in [2.24, 2.45) is 0 Å². The Labute approximate surface area is 331 Å². The van der Waals surface area contributed by atoms with Crippen molar-refractivity contribution in [1.29, 1.82) is 0 Å². The summed E-state index contributed by atoms with van der Waals surface area (Å²) in [7, 11) is 0. The third-order valence-electron chi connectivity index (χ3n) is 10.6. The second-order valence-electron chi connectivity index (χ2n) is 14.0. The number of benzene rings is 7. The van der Waals surface area contributed by atoms with Gasteiger partial charge in [0.25, 0.3) is 0 Å². The van der Waals surface area contributed by atoms with Gasteiger partial charge in [-0.15, -0.1) is 22.7 Å². The fraction of sp³-hybridized carbons (Fsp3) is 0. The molecule has 11 aromatic rings. The van der Waals surface area contributed by atoms with Crippen molar-refractivity contribution >= 4 is 63.0 Å². The van der Waals surface area contributed by atoms with Gasteiger partial charge in [0.2, 0.25) is 0 Å². The molecule has 7 aromatic carbocycles. The molecule has 0 radical (unpaired) electrons. The minimum absolute atomic E-state index is 0.694. The molecule has 0 saturated carbocycles. The summed E-state index contributed by atoms with van der Waals surface area (Å²) in [5.74, 6) is 0.694. The first-order chi connectivity index (χ1) is 27.7. The van der Waals surface area contributed by atoms with Crippen LogP contribution in [0.1, 0.15) is 0 Å². The molecule has 4 aromatic heterocycles. The highest BCUT2D eigenvalue weighted by atomic mass is 32.1. The third-order valence-corrected chi connectivity index (χ3v) is 13.0. The summed E-state index contributed by atoms with van der Waals surface area (Å²) < 4.78 is 5.17. The quantitative estimate of drug-likeness (QED) is 0.170. The van der Waals surface area contributed by atoms with E-state index in [4.69, 9.17) is 9.97 Å².